The minimum atomic E-state index is -0.360. The number of nitrogens with zero attached hydrogens (tertiary/aromatic N) is 3. The summed E-state index contributed by atoms with van der Waals surface area (Å²) in [4.78, 5) is 42.1. The first-order valence-corrected chi connectivity index (χ1v) is 9.15. The molecule has 8 nitrogen and oxygen atoms in total. The molecule has 2 fully saturated rings. The molecule has 0 unspecified atom stereocenters. The van der Waals surface area contributed by atoms with Crippen LogP contribution in [0, 0.1) is 5.92 Å². The summed E-state index contributed by atoms with van der Waals surface area (Å²) in [5.41, 5.74) is 5.81. The lowest BCUT2D eigenvalue weighted by Crippen LogP contribution is -2.47. The van der Waals surface area contributed by atoms with Gasteiger partial charge >= 0.3 is 0 Å². The molecule has 0 bridgehead atoms. The fraction of sp³-hybridized carbons (Fsp3) is 0.611. The van der Waals surface area contributed by atoms with Crippen molar-refractivity contribution < 1.29 is 18.8 Å². The zero-order valence-electron chi connectivity index (χ0n) is 14.9. The molecule has 0 spiro atoms. The van der Waals surface area contributed by atoms with Gasteiger partial charge in [0.15, 0.2) is 0 Å². The van der Waals surface area contributed by atoms with Crippen LogP contribution in [-0.4, -0.2) is 78.2 Å². The molecule has 0 aromatic carbocycles. The first kappa shape index (κ1) is 18.4. The Bertz CT molecular complexity index is 646. The van der Waals surface area contributed by atoms with E-state index in [1.807, 2.05) is 9.80 Å². The predicted octanol–water partition coefficient (Wildman–Crippen LogP) is 0.151. The Morgan fingerprint density at radius 1 is 1.08 bits per heavy atom. The van der Waals surface area contributed by atoms with Gasteiger partial charge in [0.25, 0.3) is 5.91 Å². The predicted molar refractivity (Wildman–Crippen MR) is 94.2 cm³/mol. The quantitative estimate of drug-likeness (QED) is 0.822. The molecule has 1 aromatic heterocycles. The van der Waals surface area contributed by atoms with E-state index < -0.39 is 0 Å². The normalized spacial score (nSPS) is 22.1. The molecule has 0 radical (unpaired) electrons. The molecule has 3 rings (SSSR count). The summed E-state index contributed by atoms with van der Waals surface area (Å²) in [5.74, 6) is -0.393. The SMILES string of the molecule is NC(=O)CN1CCC[C@H](C(=O)N2CCCN(C(=O)c3ccoc3)CC2)C1. The van der Waals surface area contributed by atoms with Crippen molar-refractivity contribution in [3.05, 3.63) is 24.2 Å². The maximum absolute atomic E-state index is 12.9. The van der Waals surface area contributed by atoms with Gasteiger partial charge in [-0.25, -0.2) is 0 Å². The molecule has 0 saturated carbocycles. The van der Waals surface area contributed by atoms with E-state index in [4.69, 9.17) is 10.2 Å². The Morgan fingerprint density at radius 3 is 2.58 bits per heavy atom. The molecule has 2 saturated heterocycles. The lowest BCUT2D eigenvalue weighted by atomic mass is 9.96. The molecule has 1 atom stereocenters. The highest BCUT2D eigenvalue weighted by Gasteiger charge is 2.31. The third-order valence-corrected chi connectivity index (χ3v) is 5.10. The van der Waals surface area contributed by atoms with Gasteiger partial charge in [-0.1, -0.05) is 0 Å². The van der Waals surface area contributed by atoms with E-state index in [0.29, 0.717) is 38.3 Å². The standard InChI is InChI=1S/C18H26N4O4/c19-16(23)12-20-5-1-3-14(11-20)17(24)21-6-2-7-22(9-8-21)18(25)15-4-10-26-13-15/h4,10,13-14H,1-3,5-9,11-12H2,(H2,19,23)/t14-/m0/s1. The summed E-state index contributed by atoms with van der Waals surface area (Å²) in [7, 11) is 0. The van der Waals surface area contributed by atoms with E-state index in [1.54, 1.807) is 11.0 Å². The first-order chi connectivity index (χ1) is 12.5. The molecule has 2 aliphatic heterocycles. The number of furan rings is 1. The molecular formula is C18H26N4O4. The summed E-state index contributed by atoms with van der Waals surface area (Å²) in [6, 6.07) is 1.66. The number of primary amides is 1. The van der Waals surface area contributed by atoms with Crippen LogP contribution >= 0.6 is 0 Å². The summed E-state index contributed by atoms with van der Waals surface area (Å²) < 4.78 is 4.98. The van der Waals surface area contributed by atoms with Gasteiger partial charge in [0.05, 0.1) is 24.3 Å². The van der Waals surface area contributed by atoms with E-state index in [2.05, 4.69) is 0 Å². The van der Waals surface area contributed by atoms with Gasteiger partial charge in [-0.3, -0.25) is 19.3 Å². The number of likely N-dealkylation sites (tertiary alicyclic amines) is 1. The maximum Gasteiger partial charge on any atom is 0.257 e. The number of carbonyl (C=O) groups excluding carboxylic acids is 3. The highest BCUT2D eigenvalue weighted by atomic mass is 16.3. The second-order valence-corrected chi connectivity index (χ2v) is 7.02. The topological polar surface area (TPSA) is 100 Å². The number of nitrogens with two attached hydrogens (primary N) is 1. The zero-order valence-corrected chi connectivity index (χ0v) is 14.9. The Kier molecular flexibility index (Phi) is 5.92. The van der Waals surface area contributed by atoms with E-state index in [1.165, 1.54) is 12.5 Å². The Morgan fingerprint density at radius 2 is 1.85 bits per heavy atom. The highest BCUT2D eigenvalue weighted by molar-refractivity contribution is 5.93. The van der Waals surface area contributed by atoms with Crippen LogP contribution < -0.4 is 5.73 Å². The van der Waals surface area contributed by atoms with Gasteiger partial charge in [0.2, 0.25) is 11.8 Å². The molecule has 3 heterocycles. The second-order valence-electron chi connectivity index (χ2n) is 7.02. The van der Waals surface area contributed by atoms with Crippen LogP contribution in [-0.2, 0) is 9.59 Å². The Balaban J connectivity index is 1.55. The number of hydrogen-bond acceptors (Lipinski definition) is 5. The third kappa shape index (κ3) is 4.43. The van der Waals surface area contributed by atoms with Crippen molar-refractivity contribution >= 4 is 17.7 Å². The van der Waals surface area contributed by atoms with Gasteiger partial charge < -0.3 is 20.0 Å². The van der Waals surface area contributed by atoms with E-state index >= 15 is 0 Å². The number of carbonyl (C=O) groups is 3. The van der Waals surface area contributed by atoms with Gasteiger partial charge in [0, 0.05) is 32.7 Å². The van der Waals surface area contributed by atoms with Crippen molar-refractivity contribution in [2.45, 2.75) is 19.3 Å². The highest BCUT2D eigenvalue weighted by Crippen LogP contribution is 2.20. The van der Waals surface area contributed by atoms with Gasteiger partial charge in [-0.05, 0) is 31.9 Å². The van der Waals surface area contributed by atoms with Crippen LogP contribution in [0.3, 0.4) is 0 Å². The van der Waals surface area contributed by atoms with Crippen LogP contribution in [0.25, 0.3) is 0 Å². The molecule has 142 valence electrons. The smallest absolute Gasteiger partial charge is 0.257 e. The van der Waals surface area contributed by atoms with Gasteiger partial charge in [-0.15, -0.1) is 0 Å². The average Bonchev–Trinajstić information content (AvgIpc) is 3.05. The monoisotopic (exact) mass is 362 g/mol. The van der Waals surface area contributed by atoms with Crippen LogP contribution in [0.5, 0.6) is 0 Å². The van der Waals surface area contributed by atoms with Crippen LogP contribution in [0.2, 0.25) is 0 Å². The van der Waals surface area contributed by atoms with Gasteiger partial charge in [0.1, 0.15) is 6.26 Å². The first-order valence-electron chi connectivity index (χ1n) is 9.15. The molecule has 0 aliphatic carbocycles. The fourth-order valence-electron chi connectivity index (χ4n) is 3.79. The van der Waals surface area contributed by atoms with Crippen LogP contribution in [0.4, 0.5) is 0 Å². The largest absolute Gasteiger partial charge is 0.472 e. The Hall–Kier alpha value is -2.35. The molecule has 26 heavy (non-hydrogen) atoms. The minimum Gasteiger partial charge on any atom is -0.472 e. The van der Waals surface area contributed by atoms with Crippen molar-refractivity contribution in [1.82, 2.24) is 14.7 Å². The van der Waals surface area contributed by atoms with Crippen molar-refractivity contribution in [2.75, 3.05) is 45.8 Å². The van der Waals surface area contributed by atoms with Crippen molar-refractivity contribution in [2.24, 2.45) is 11.7 Å². The number of piperidine rings is 1. The number of hydrogen-bond donors (Lipinski definition) is 1. The van der Waals surface area contributed by atoms with Crippen molar-refractivity contribution in [1.29, 1.82) is 0 Å². The minimum absolute atomic E-state index is 0.0571. The Labute approximate surface area is 152 Å². The second kappa shape index (κ2) is 8.35. The zero-order chi connectivity index (χ0) is 18.5. The van der Waals surface area contributed by atoms with Crippen molar-refractivity contribution in [3.63, 3.8) is 0 Å². The summed E-state index contributed by atoms with van der Waals surface area (Å²) in [6.07, 6.45) is 5.42. The summed E-state index contributed by atoms with van der Waals surface area (Å²) in [5, 5.41) is 0. The maximum atomic E-state index is 12.9. The summed E-state index contributed by atoms with van der Waals surface area (Å²) >= 11 is 0. The van der Waals surface area contributed by atoms with E-state index in [9.17, 15) is 14.4 Å². The van der Waals surface area contributed by atoms with Crippen molar-refractivity contribution in [3.8, 4) is 0 Å². The molecular weight excluding hydrogens is 336 g/mol. The van der Waals surface area contributed by atoms with E-state index in [0.717, 1.165) is 25.8 Å². The van der Waals surface area contributed by atoms with E-state index in [-0.39, 0.29) is 30.2 Å². The van der Waals surface area contributed by atoms with Gasteiger partial charge in [-0.2, -0.15) is 0 Å². The molecule has 1 aromatic rings. The molecule has 2 N–H and O–H groups in total. The molecule has 3 amide bonds. The third-order valence-electron chi connectivity index (χ3n) is 5.10. The average molecular weight is 362 g/mol. The van der Waals surface area contributed by atoms with Crippen LogP contribution in [0.1, 0.15) is 29.6 Å². The van der Waals surface area contributed by atoms with Crippen LogP contribution in [0.15, 0.2) is 23.0 Å². The number of amides is 3. The summed E-state index contributed by atoms with van der Waals surface area (Å²) in [6.45, 7) is 3.93. The molecule has 2 aliphatic rings. The lowest BCUT2D eigenvalue weighted by Gasteiger charge is -2.34. The fourth-order valence-corrected chi connectivity index (χ4v) is 3.79. The molecule has 8 heteroatoms. The lowest BCUT2D eigenvalue weighted by molar-refractivity contribution is -0.137. The number of rotatable bonds is 4.